The van der Waals surface area contributed by atoms with Gasteiger partial charge in [-0.3, -0.25) is 0 Å². The van der Waals surface area contributed by atoms with Gasteiger partial charge >= 0.3 is 6.36 Å². The molecule has 0 atom stereocenters. The third kappa shape index (κ3) is 3.77. The highest BCUT2D eigenvalue weighted by molar-refractivity contribution is 5.66. The van der Waals surface area contributed by atoms with Crippen LogP contribution in [0.25, 0.3) is 11.1 Å². The predicted molar refractivity (Wildman–Crippen MR) is 68.2 cm³/mol. The minimum atomic E-state index is -4.69. The second-order valence-electron chi connectivity index (χ2n) is 4.11. The first-order chi connectivity index (χ1) is 9.49. The SMILES string of the molecule is CCNCc1occc1-c1cccc(OC(F)(F)F)c1. The van der Waals surface area contributed by atoms with E-state index < -0.39 is 6.36 Å². The number of hydrogen-bond acceptors (Lipinski definition) is 3. The van der Waals surface area contributed by atoms with Crippen LogP contribution in [0.2, 0.25) is 0 Å². The van der Waals surface area contributed by atoms with Gasteiger partial charge in [0.25, 0.3) is 0 Å². The summed E-state index contributed by atoms with van der Waals surface area (Å²) in [5, 5.41) is 3.11. The average molecular weight is 285 g/mol. The van der Waals surface area contributed by atoms with Crippen molar-refractivity contribution >= 4 is 0 Å². The summed E-state index contributed by atoms with van der Waals surface area (Å²) in [6, 6.07) is 7.55. The van der Waals surface area contributed by atoms with Gasteiger partial charge < -0.3 is 14.5 Å². The van der Waals surface area contributed by atoms with Crippen LogP contribution in [0.5, 0.6) is 5.75 Å². The topological polar surface area (TPSA) is 34.4 Å². The summed E-state index contributed by atoms with van der Waals surface area (Å²) in [6.07, 6.45) is -3.18. The van der Waals surface area contributed by atoms with E-state index in [0.29, 0.717) is 17.9 Å². The van der Waals surface area contributed by atoms with E-state index in [0.717, 1.165) is 12.1 Å². The van der Waals surface area contributed by atoms with E-state index in [4.69, 9.17) is 4.42 Å². The van der Waals surface area contributed by atoms with E-state index in [9.17, 15) is 13.2 Å². The Balaban J connectivity index is 2.25. The number of furan rings is 1. The average Bonchev–Trinajstić information content (AvgIpc) is 2.83. The molecule has 0 bridgehead atoms. The van der Waals surface area contributed by atoms with Crippen molar-refractivity contribution in [1.82, 2.24) is 5.32 Å². The fraction of sp³-hybridized carbons (Fsp3) is 0.286. The van der Waals surface area contributed by atoms with Crippen LogP contribution < -0.4 is 10.1 Å². The first-order valence-corrected chi connectivity index (χ1v) is 6.13. The van der Waals surface area contributed by atoms with E-state index in [1.807, 2.05) is 6.92 Å². The number of ether oxygens (including phenoxy) is 1. The molecule has 0 aliphatic rings. The molecule has 0 aliphatic heterocycles. The lowest BCUT2D eigenvalue weighted by atomic mass is 10.1. The van der Waals surface area contributed by atoms with Crippen molar-refractivity contribution in [2.24, 2.45) is 0 Å². The molecule has 0 unspecified atom stereocenters. The van der Waals surface area contributed by atoms with Crippen molar-refractivity contribution in [3.8, 4) is 16.9 Å². The number of alkyl halides is 3. The zero-order valence-corrected chi connectivity index (χ0v) is 10.8. The number of benzene rings is 1. The van der Waals surface area contributed by atoms with Gasteiger partial charge in [-0.05, 0) is 30.3 Å². The lowest BCUT2D eigenvalue weighted by Gasteiger charge is -2.10. The Morgan fingerprint density at radius 2 is 2.05 bits per heavy atom. The summed E-state index contributed by atoms with van der Waals surface area (Å²) in [5.41, 5.74) is 1.37. The molecule has 0 fully saturated rings. The summed E-state index contributed by atoms with van der Waals surface area (Å²) >= 11 is 0. The summed E-state index contributed by atoms with van der Waals surface area (Å²) in [4.78, 5) is 0. The molecule has 6 heteroatoms. The standard InChI is InChI=1S/C14H14F3NO2/c1-2-18-9-13-12(6-7-19-13)10-4-3-5-11(8-10)20-14(15,16)17/h3-8,18H,2,9H2,1H3. The fourth-order valence-corrected chi connectivity index (χ4v) is 1.83. The number of rotatable bonds is 5. The van der Waals surface area contributed by atoms with Crippen molar-refractivity contribution in [2.75, 3.05) is 6.54 Å². The zero-order valence-electron chi connectivity index (χ0n) is 10.8. The van der Waals surface area contributed by atoms with E-state index in [1.165, 1.54) is 24.5 Å². The quantitative estimate of drug-likeness (QED) is 0.903. The Morgan fingerprint density at radius 1 is 1.25 bits per heavy atom. The maximum absolute atomic E-state index is 12.2. The van der Waals surface area contributed by atoms with Gasteiger partial charge in [0, 0.05) is 5.56 Å². The van der Waals surface area contributed by atoms with Crippen LogP contribution in [-0.4, -0.2) is 12.9 Å². The Kier molecular flexibility index (Phi) is 4.34. The largest absolute Gasteiger partial charge is 0.573 e. The van der Waals surface area contributed by atoms with Crippen LogP contribution in [0, 0.1) is 0 Å². The maximum Gasteiger partial charge on any atom is 0.573 e. The molecule has 0 saturated heterocycles. The normalized spacial score (nSPS) is 11.6. The van der Waals surface area contributed by atoms with E-state index >= 15 is 0 Å². The minimum absolute atomic E-state index is 0.245. The predicted octanol–water partition coefficient (Wildman–Crippen LogP) is 3.95. The molecule has 1 aromatic heterocycles. The molecule has 0 aliphatic carbocycles. The molecule has 3 nitrogen and oxygen atoms in total. The maximum atomic E-state index is 12.2. The second kappa shape index (κ2) is 6.00. The Bertz CT molecular complexity index is 564. The van der Waals surface area contributed by atoms with Gasteiger partial charge in [-0.25, -0.2) is 0 Å². The van der Waals surface area contributed by atoms with Crippen LogP contribution in [0.15, 0.2) is 41.0 Å². The van der Waals surface area contributed by atoms with Crippen molar-refractivity contribution in [1.29, 1.82) is 0 Å². The van der Waals surface area contributed by atoms with Crippen molar-refractivity contribution in [3.05, 3.63) is 42.4 Å². The zero-order chi connectivity index (χ0) is 14.6. The molecule has 0 spiro atoms. The fourth-order valence-electron chi connectivity index (χ4n) is 1.83. The summed E-state index contributed by atoms with van der Waals surface area (Å²) in [5.74, 6) is 0.432. The van der Waals surface area contributed by atoms with Gasteiger partial charge in [-0.1, -0.05) is 19.1 Å². The van der Waals surface area contributed by atoms with Gasteiger partial charge in [0.05, 0.1) is 12.8 Å². The van der Waals surface area contributed by atoms with Crippen LogP contribution in [-0.2, 0) is 6.54 Å². The van der Waals surface area contributed by atoms with Gasteiger partial charge in [0.2, 0.25) is 0 Å². The minimum Gasteiger partial charge on any atom is -0.467 e. The summed E-state index contributed by atoms with van der Waals surface area (Å²) < 4.78 is 45.9. The Hall–Kier alpha value is -1.95. The highest BCUT2D eigenvalue weighted by Crippen LogP contribution is 2.30. The molecule has 1 N–H and O–H groups in total. The Morgan fingerprint density at radius 3 is 2.75 bits per heavy atom. The molecule has 0 saturated carbocycles. The lowest BCUT2D eigenvalue weighted by Crippen LogP contribution is -2.17. The van der Waals surface area contributed by atoms with Crippen molar-refractivity contribution in [3.63, 3.8) is 0 Å². The first kappa shape index (κ1) is 14.5. The van der Waals surface area contributed by atoms with Crippen LogP contribution in [0.3, 0.4) is 0 Å². The molecule has 108 valence electrons. The van der Waals surface area contributed by atoms with Crippen molar-refractivity contribution in [2.45, 2.75) is 19.8 Å². The number of halogens is 3. The van der Waals surface area contributed by atoms with Gasteiger partial charge in [-0.15, -0.1) is 13.2 Å². The van der Waals surface area contributed by atoms with Gasteiger partial charge in [-0.2, -0.15) is 0 Å². The highest BCUT2D eigenvalue weighted by Gasteiger charge is 2.31. The molecular formula is C14H14F3NO2. The first-order valence-electron chi connectivity index (χ1n) is 6.13. The van der Waals surface area contributed by atoms with Gasteiger partial charge in [0.15, 0.2) is 0 Å². The highest BCUT2D eigenvalue weighted by atomic mass is 19.4. The second-order valence-corrected chi connectivity index (χ2v) is 4.11. The Labute approximate surface area is 114 Å². The number of nitrogens with one attached hydrogen (secondary N) is 1. The summed E-state index contributed by atoms with van der Waals surface area (Å²) in [6.45, 7) is 3.25. The molecule has 2 rings (SSSR count). The van der Waals surface area contributed by atoms with Crippen LogP contribution in [0.1, 0.15) is 12.7 Å². The summed E-state index contributed by atoms with van der Waals surface area (Å²) in [7, 11) is 0. The van der Waals surface area contributed by atoms with E-state index in [-0.39, 0.29) is 5.75 Å². The third-order valence-electron chi connectivity index (χ3n) is 2.66. The van der Waals surface area contributed by atoms with Crippen molar-refractivity contribution < 1.29 is 22.3 Å². The molecule has 0 radical (unpaired) electrons. The molecule has 1 heterocycles. The van der Waals surface area contributed by atoms with E-state index in [2.05, 4.69) is 10.1 Å². The number of hydrogen-bond donors (Lipinski definition) is 1. The van der Waals surface area contributed by atoms with Gasteiger partial charge in [0.1, 0.15) is 11.5 Å². The molecule has 2 aromatic rings. The lowest BCUT2D eigenvalue weighted by molar-refractivity contribution is -0.274. The smallest absolute Gasteiger partial charge is 0.467 e. The molecule has 1 aromatic carbocycles. The molecule has 20 heavy (non-hydrogen) atoms. The molecule has 0 amide bonds. The third-order valence-corrected chi connectivity index (χ3v) is 2.66. The van der Waals surface area contributed by atoms with Crippen LogP contribution >= 0.6 is 0 Å². The monoisotopic (exact) mass is 285 g/mol. The van der Waals surface area contributed by atoms with Crippen LogP contribution in [0.4, 0.5) is 13.2 Å². The molecular weight excluding hydrogens is 271 g/mol. The van der Waals surface area contributed by atoms with E-state index in [1.54, 1.807) is 12.1 Å².